The van der Waals surface area contributed by atoms with Crippen LogP contribution in [-0.2, 0) is 10.0 Å². The van der Waals surface area contributed by atoms with Gasteiger partial charge in [-0.2, -0.15) is 0 Å². The van der Waals surface area contributed by atoms with Gasteiger partial charge in [-0.3, -0.25) is 14.3 Å². The normalized spacial score (nSPS) is 13.1. The van der Waals surface area contributed by atoms with Gasteiger partial charge in [0.05, 0.1) is 24.5 Å². The SMILES string of the molecule is COc1ccnc(OC)c1-n1c(NS(=O)(=O)[C@H](C)[C@@H](C)c2ncc(Cl)cn2)nnc1-c1cccnc1. The number of pyridine rings is 2. The molecule has 4 heterocycles. The van der Waals surface area contributed by atoms with Crippen LogP contribution in [0.4, 0.5) is 5.95 Å². The second-order valence-electron chi connectivity index (χ2n) is 7.70. The van der Waals surface area contributed by atoms with Gasteiger partial charge in [0.25, 0.3) is 0 Å². The fourth-order valence-electron chi connectivity index (χ4n) is 3.44. The van der Waals surface area contributed by atoms with E-state index in [2.05, 4.69) is 34.9 Å². The van der Waals surface area contributed by atoms with Gasteiger partial charge in [-0.25, -0.2) is 23.4 Å². The number of anilines is 1. The van der Waals surface area contributed by atoms with Crippen molar-refractivity contribution in [2.45, 2.75) is 25.0 Å². The predicted octanol–water partition coefficient (Wildman–Crippen LogP) is 3.12. The summed E-state index contributed by atoms with van der Waals surface area (Å²) in [5, 5.41) is 7.79. The van der Waals surface area contributed by atoms with E-state index in [9.17, 15) is 8.42 Å². The largest absolute Gasteiger partial charge is 0.494 e. The highest BCUT2D eigenvalue weighted by atomic mass is 35.5. The molecule has 0 radical (unpaired) electrons. The monoisotopic (exact) mass is 530 g/mol. The van der Waals surface area contributed by atoms with Crippen molar-refractivity contribution in [2.75, 3.05) is 18.9 Å². The van der Waals surface area contributed by atoms with Crippen molar-refractivity contribution in [1.29, 1.82) is 0 Å². The van der Waals surface area contributed by atoms with Gasteiger partial charge in [0.15, 0.2) is 11.5 Å². The summed E-state index contributed by atoms with van der Waals surface area (Å²) < 4.78 is 41.9. The Labute approximate surface area is 212 Å². The Morgan fingerprint density at radius 3 is 2.39 bits per heavy atom. The summed E-state index contributed by atoms with van der Waals surface area (Å²) in [5.41, 5.74) is 0.894. The maximum atomic E-state index is 13.5. The lowest BCUT2D eigenvalue weighted by atomic mass is 10.1. The molecule has 4 aromatic rings. The number of sulfonamides is 1. The van der Waals surface area contributed by atoms with E-state index >= 15 is 0 Å². The molecule has 4 aromatic heterocycles. The molecule has 0 fully saturated rings. The van der Waals surface area contributed by atoms with Gasteiger partial charge in [0.2, 0.25) is 21.9 Å². The van der Waals surface area contributed by atoms with Gasteiger partial charge < -0.3 is 9.47 Å². The zero-order valence-corrected chi connectivity index (χ0v) is 21.4. The molecule has 12 nitrogen and oxygen atoms in total. The third-order valence-corrected chi connectivity index (χ3v) is 7.60. The molecular formula is C22H23ClN8O4S. The van der Waals surface area contributed by atoms with Crippen LogP contribution in [0.2, 0.25) is 5.02 Å². The standard InChI is InChI=1S/C22H23ClN8O4S/c1-13(19-26-11-16(23)12-27-19)14(2)36(32,33)30-22-29-28-20(15-6-5-8-24-10-15)31(22)18-17(34-3)7-9-25-21(18)35-4/h5-14H,1-4H3,(H,29,30)/t13-,14-/m1/s1. The first-order chi connectivity index (χ1) is 17.3. The Kier molecular flexibility index (Phi) is 7.31. The van der Waals surface area contributed by atoms with Crippen LogP contribution in [0.1, 0.15) is 25.6 Å². The highest BCUT2D eigenvalue weighted by Crippen LogP contribution is 2.36. The van der Waals surface area contributed by atoms with Crippen LogP contribution in [0.5, 0.6) is 11.6 Å². The topological polar surface area (TPSA) is 147 Å². The van der Waals surface area contributed by atoms with Crippen LogP contribution < -0.4 is 14.2 Å². The predicted molar refractivity (Wildman–Crippen MR) is 133 cm³/mol. The van der Waals surface area contributed by atoms with Crippen LogP contribution >= 0.6 is 11.6 Å². The van der Waals surface area contributed by atoms with Crippen LogP contribution in [0, 0.1) is 0 Å². The molecule has 0 unspecified atom stereocenters. The Balaban J connectivity index is 1.81. The fourth-order valence-corrected chi connectivity index (χ4v) is 4.77. The van der Waals surface area contributed by atoms with Crippen LogP contribution in [0.15, 0.2) is 49.2 Å². The summed E-state index contributed by atoms with van der Waals surface area (Å²) in [5.74, 6) is 0.530. The first kappa shape index (κ1) is 25.3. The number of rotatable bonds is 9. The molecule has 2 atom stereocenters. The summed E-state index contributed by atoms with van der Waals surface area (Å²) in [4.78, 5) is 16.7. The molecule has 0 saturated heterocycles. The van der Waals surface area contributed by atoms with Crippen molar-refractivity contribution in [3.8, 4) is 28.7 Å². The highest BCUT2D eigenvalue weighted by Gasteiger charge is 2.32. The van der Waals surface area contributed by atoms with Crippen molar-refractivity contribution in [3.05, 3.63) is 60.0 Å². The summed E-state index contributed by atoms with van der Waals surface area (Å²) in [6.45, 7) is 3.27. The molecule has 0 saturated carbocycles. The van der Waals surface area contributed by atoms with Gasteiger partial charge in [-0.15, -0.1) is 10.2 Å². The number of hydrogen-bond donors (Lipinski definition) is 1. The average Bonchev–Trinajstić information content (AvgIpc) is 3.30. The third kappa shape index (κ3) is 4.93. The molecule has 188 valence electrons. The van der Waals surface area contributed by atoms with E-state index < -0.39 is 21.2 Å². The van der Waals surface area contributed by atoms with E-state index in [1.165, 1.54) is 37.4 Å². The van der Waals surface area contributed by atoms with E-state index in [0.717, 1.165) is 0 Å². The second-order valence-corrected chi connectivity index (χ2v) is 10.2. The Hall–Kier alpha value is -3.84. The van der Waals surface area contributed by atoms with E-state index in [4.69, 9.17) is 21.1 Å². The molecule has 14 heteroatoms. The maximum Gasteiger partial charge on any atom is 0.243 e. The van der Waals surface area contributed by atoms with Crippen LogP contribution in [-0.4, -0.2) is 62.6 Å². The molecule has 0 amide bonds. The third-order valence-electron chi connectivity index (χ3n) is 5.55. The minimum Gasteiger partial charge on any atom is -0.494 e. The summed E-state index contributed by atoms with van der Waals surface area (Å²) in [6, 6.07) is 5.11. The van der Waals surface area contributed by atoms with Gasteiger partial charge >= 0.3 is 0 Å². The van der Waals surface area contributed by atoms with E-state index in [0.29, 0.717) is 33.7 Å². The summed E-state index contributed by atoms with van der Waals surface area (Å²) >= 11 is 5.87. The van der Waals surface area contributed by atoms with Gasteiger partial charge in [-0.05, 0) is 19.1 Å². The number of ether oxygens (including phenoxy) is 2. The molecular weight excluding hydrogens is 508 g/mol. The molecule has 0 spiro atoms. The van der Waals surface area contributed by atoms with Crippen molar-refractivity contribution >= 4 is 27.6 Å². The molecule has 36 heavy (non-hydrogen) atoms. The first-order valence-electron chi connectivity index (χ1n) is 10.7. The Morgan fingerprint density at radius 2 is 1.75 bits per heavy atom. The second kappa shape index (κ2) is 10.4. The number of nitrogens with one attached hydrogen (secondary N) is 1. The van der Waals surface area contributed by atoms with Crippen molar-refractivity contribution in [1.82, 2.24) is 34.7 Å². The smallest absolute Gasteiger partial charge is 0.243 e. The van der Waals surface area contributed by atoms with Gasteiger partial charge in [0.1, 0.15) is 11.6 Å². The van der Waals surface area contributed by atoms with E-state index in [-0.39, 0.29) is 11.8 Å². The van der Waals surface area contributed by atoms with Crippen LogP contribution in [0.25, 0.3) is 17.1 Å². The number of aromatic nitrogens is 7. The molecule has 1 N–H and O–H groups in total. The number of halogens is 1. The summed E-state index contributed by atoms with van der Waals surface area (Å²) in [6.07, 6.45) is 7.54. The van der Waals surface area contributed by atoms with Crippen molar-refractivity contribution in [2.24, 2.45) is 0 Å². The lowest BCUT2D eigenvalue weighted by Gasteiger charge is -2.21. The zero-order chi connectivity index (χ0) is 25.9. The lowest BCUT2D eigenvalue weighted by molar-refractivity contribution is 0.379. The summed E-state index contributed by atoms with van der Waals surface area (Å²) in [7, 11) is -1.09. The minimum atomic E-state index is -4.01. The lowest BCUT2D eigenvalue weighted by Crippen LogP contribution is -2.31. The molecule has 4 rings (SSSR count). The van der Waals surface area contributed by atoms with E-state index in [1.54, 1.807) is 44.4 Å². The molecule has 0 aliphatic rings. The number of hydrogen-bond acceptors (Lipinski definition) is 10. The molecule has 0 aliphatic carbocycles. The Morgan fingerprint density at radius 1 is 1.00 bits per heavy atom. The maximum absolute atomic E-state index is 13.5. The van der Waals surface area contributed by atoms with Crippen molar-refractivity contribution < 1.29 is 17.9 Å². The minimum absolute atomic E-state index is 0.0884. The van der Waals surface area contributed by atoms with Gasteiger partial charge in [0, 0.05) is 48.5 Å². The number of methoxy groups -OCH3 is 2. The fraction of sp³-hybridized carbons (Fsp3) is 0.273. The number of nitrogens with zero attached hydrogens (tertiary/aromatic N) is 7. The van der Waals surface area contributed by atoms with E-state index in [1.807, 2.05) is 0 Å². The Bertz CT molecular complexity index is 1430. The molecule has 0 aliphatic heterocycles. The molecule has 0 aromatic carbocycles. The average molecular weight is 531 g/mol. The zero-order valence-electron chi connectivity index (χ0n) is 19.8. The first-order valence-corrected chi connectivity index (χ1v) is 12.6. The highest BCUT2D eigenvalue weighted by molar-refractivity contribution is 7.93. The van der Waals surface area contributed by atoms with Gasteiger partial charge in [-0.1, -0.05) is 18.5 Å². The molecule has 0 bridgehead atoms. The quantitative estimate of drug-likeness (QED) is 0.342. The van der Waals surface area contributed by atoms with Crippen molar-refractivity contribution in [3.63, 3.8) is 0 Å². The van der Waals surface area contributed by atoms with Crippen LogP contribution in [0.3, 0.4) is 0 Å².